The number of likely N-dealkylation sites (N-methyl/N-ethyl adjacent to an activating group) is 2. The molecule has 0 radical (unpaired) electrons. The van der Waals surface area contributed by atoms with Gasteiger partial charge in [0.15, 0.2) is 0 Å². The van der Waals surface area contributed by atoms with Crippen LogP contribution in [0.15, 0.2) is 24.3 Å². The highest BCUT2D eigenvalue weighted by atomic mass is 16.5. The topological polar surface area (TPSA) is 120 Å². The Bertz CT molecular complexity index is 983. The van der Waals surface area contributed by atoms with Crippen LogP contribution in [-0.4, -0.2) is 115 Å². The summed E-state index contributed by atoms with van der Waals surface area (Å²) in [6, 6.07) is 5.50. The maximum absolute atomic E-state index is 13.5. The van der Waals surface area contributed by atoms with Crippen LogP contribution in [0.4, 0.5) is 0 Å². The molecule has 35 heavy (non-hydrogen) atoms. The maximum Gasteiger partial charge on any atom is 0.255 e. The highest BCUT2D eigenvalue weighted by Crippen LogP contribution is 2.19. The van der Waals surface area contributed by atoms with E-state index in [0.29, 0.717) is 38.3 Å². The number of ether oxygens (including phenoxy) is 1. The van der Waals surface area contributed by atoms with Crippen molar-refractivity contribution < 1.29 is 28.7 Å². The van der Waals surface area contributed by atoms with Crippen LogP contribution in [0.2, 0.25) is 0 Å². The second kappa shape index (κ2) is 11.7. The second-order valence-electron chi connectivity index (χ2n) is 8.82. The summed E-state index contributed by atoms with van der Waals surface area (Å²) in [6.45, 7) is 3.41. The fourth-order valence-corrected chi connectivity index (χ4v) is 4.05. The van der Waals surface area contributed by atoms with Crippen molar-refractivity contribution in [1.82, 2.24) is 24.9 Å². The molecule has 11 heteroatoms. The molecule has 0 aliphatic carbocycles. The summed E-state index contributed by atoms with van der Waals surface area (Å²) >= 11 is 0. The van der Waals surface area contributed by atoms with Crippen molar-refractivity contribution in [1.29, 1.82) is 0 Å². The summed E-state index contributed by atoms with van der Waals surface area (Å²) in [7, 11) is 3.11. The lowest BCUT2D eigenvalue weighted by atomic mass is 10.1. The number of benzene rings is 1. The van der Waals surface area contributed by atoms with Gasteiger partial charge in [0.1, 0.15) is 18.4 Å². The highest BCUT2D eigenvalue weighted by molar-refractivity contribution is 6.01. The van der Waals surface area contributed by atoms with Crippen molar-refractivity contribution in [3.8, 4) is 5.75 Å². The number of amides is 5. The minimum absolute atomic E-state index is 0.0614. The quantitative estimate of drug-likeness (QED) is 0.574. The van der Waals surface area contributed by atoms with E-state index in [1.165, 1.54) is 23.8 Å². The molecule has 2 aliphatic rings. The van der Waals surface area contributed by atoms with Crippen LogP contribution in [-0.2, 0) is 19.2 Å². The van der Waals surface area contributed by atoms with Crippen molar-refractivity contribution in [3.05, 3.63) is 29.8 Å². The van der Waals surface area contributed by atoms with Gasteiger partial charge in [-0.05, 0) is 18.6 Å². The van der Waals surface area contributed by atoms with Gasteiger partial charge in [-0.2, -0.15) is 0 Å². The standard InChI is InChI=1S/C24H33N5O6/c1-17(30)28-9-6-10-29(12-11-28)24(34)19-15-21(31)27(3)16-22(32)26(2)13-14-35-20-8-5-4-7-18(20)23(33)25-19/h4-5,7-8,19H,6,9-16H2,1-3H3,(H,25,33)/t19-/m0/s1. The zero-order chi connectivity index (χ0) is 25.5. The van der Waals surface area contributed by atoms with Crippen LogP contribution in [0.25, 0.3) is 0 Å². The smallest absolute Gasteiger partial charge is 0.255 e. The molecule has 0 bridgehead atoms. The summed E-state index contributed by atoms with van der Waals surface area (Å²) in [5.41, 5.74) is 0.232. The Labute approximate surface area is 204 Å². The number of hydrogen-bond acceptors (Lipinski definition) is 6. The third kappa shape index (κ3) is 6.71. The fourth-order valence-electron chi connectivity index (χ4n) is 4.05. The number of rotatable bonds is 1. The first-order valence-corrected chi connectivity index (χ1v) is 11.7. The molecule has 1 saturated heterocycles. The largest absolute Gasteiger partial charge is 0.491 e. The first kappa shape index (κ1) is 26.0. The Morgan fingerprint density at radius 1 is 0.914 bits per heavy atom. The van der Waals surface area contributed by atoms with E-state index in [9.17, 15) is 24.0 Å². The molecule has 0 spiro atoms. The Balaban J connectivity index is 1.87. The molecule has 1 N–H and O–H groups in total. The van der Waals surface area contributed by atoms with E-state index in [0.717, 1.165) is 0 Å². The molecule has 5 amide bonds. The van der Waals surface area contributed by atoms with Gasteiger partial charge in [0.25, 0.3) is 5.91 Å². The van der Waals surface area contributed by atoms with Crippen LogP contribution >= 0.6 is 0 Å². The van der Waals surface area contributed by atoms with Crippen LogP contribution in [0.1, 0.15) is 30.1 Å². The fraction of sp³-hybridized carbons (Fsp3) is 0.542. The number of nitrogens with zero attached hydrogens (tertiary/aromatic N) is 4. The van der Waals surface area contributed by atoms with E-state index in [4.69, 9.17) is 4.74 Å². The molecule has 2 aliphatic heterocycles. The summed E-state index contributed by atoms with van der Waals surface area (Å²) in [5, 5.41) is 2.72. The van der Waals surface area contributed by atoms with Crippen molar-refractivity contribution in [2.24, 2.45) is 0 Å². The molecule has 3 rings (SSSR count). The third-order valence-electron chi connectivity index (χ3n) is 6.27. The van der Waals surface area contributed by atoms with Crippen LogP contribution in [0.3, 0.4) is 0 Å². The number of fused-ring (bicyclic) bond motifs is 1. The average Bonchev–Trinajstić information content (AvgIpc) is 3.09. The maximum atomic E-state index is 13.5. The Kier molecular flexibility index (Phi) is 8.67. The lowest BCUT2D eigenvalue weighted by molar-refractivity contribution is -0.141. The molecule has 1 fully saturated rings. The van der Waals surface area contributed by atoms with E-state index in [1.54, 1.807) is 41.1 Å². The molecule has 0 aromatic heterocycles. The summed E-state index contributed by atoms with van der Waals surface area (Å²) in [6.07, 6.45) is 0.297. The Morgan fingerprint density at radius 3 is 2.34 bits per heavy atom. The lowest BCUT2D eigenvalue weighted by Gasteiger charge is -2.29. The van der Waals surface area contributed by atoms with Gasteiger partial charge in [0, 0.05) is 47.2 Å². The predicted molar refractivity (Wildman–Crippen MR) is 127 cm³/mol. The van der Waals surface area contributed by atoms with Gasteiger partial charge >= 0.3 is 0 Å². The molecule has 1 atom stereocenters. The first-order valence-electron chi connectivity index (χ1n) is 11.7. The minimum atomic E-state index is -1.13. The first-order chi connectivity index (χ1) is 16.7. The number of carbonyl (C=O) groups is 5. The molecule has 1 aromatic rings. The molecule has 1 aromatic carbocycles. The van der Waals surface area contributed by atoms with E-state index in [1.807, 2.05) is 0 Å². The summed E-state index contributed by atoms with van der Waals surface area (Å²) in [5.74, 6) is -1.38. The molecule has 0 unspecified atom stereocenters. The van der Waals surface area contributed by atoms with E-state index in [-0.39, 0.29) is 43.5 Å². The van der Waals surface area contributed by atoms with Gasteiger partial charge < -0.3 is 29.7 Å². The SMILES string of the molecule is CC(=O)N1CCCN(C(=O)[C@@H]2CC(=O)N(C)CC(=O)N(C)CCOc3ccccc3C(=O)N2)CC1. The van der Waals surface area contributed by atoms with E-state index >= 15 is 0 Å². The van der Waals surface area contributed by atoms with Crippen molar-refractivity contribution >= 4 is 29.5 Å². The minimum Gasteiger partial charge on any atom is -0.491 e. The van der Waals surface area contributed by atoms with Crippen molar-refractivity contribution in [2.45, 2.75) is 25.8 Å². The van der Waals surface area contributed by atoms with Gasteiger partial charge in [-0.25, -0.2) is 0 Å². The number of carbonyl (C=O) groups excluding carboxylic acids is 5. The van der Waals surface area contributed by atoms with Gasteiger partial charge in [0.2, 0.25) is 23.6 Å². The van der Waals surface area contributed by atoms with Crippen LogP contribution in [0.5, 0.6) is 5.75 Å². The zero-order valence-corrected chi connectivity index (χ0v) is 20.5. The molecular formula is C24H33N5O6. The Morgan fingerprint density at radius 2 is 1.60 bits per heavy atom. The molecule has 11 nitrogen and oxygen atoms in total. The van der Waals surface area contributed by atoms with Crippen molar-refractivity contribution in [3.63, 3.8) is 0 Å². The van der Waals surface area contributed by atoms with Crippen LogP contribution in [0, 0.1) is 0 Å². The van der Waals surface area contributed by atoms with E-state index < -0.39 is 23.8 Å². The van der Waals surface area contributed by atoms with Gasteiger partial charge in [-0.3, -0.25) is 24.0 Å². The Hall–Kier alpha value is -3.63. The van der Waals surface area contributed by atoms with Gasteiger partial charge in [0.05, 0.1) is 25.1 Å². The molecular weight excluding hydrogens is 454 g/mol. The monoisotopic (exact) mass is 487 g/mol. The number of hydrogen-bond donors (Lipinski definition) is 1. The predicted octanol–water partition coefficient (Wildman–Crippen LogP) is -0.435. The van der Waals surface area contributed by atoms with Crippen LogP contribution < -0.4 is 10.1 Å². The summed E-state index contributed by atoms with van der Waals surface area (Å²) in [4.78, 5) is 69.9. The lowest BCUT2D eigenvalue weighted by Crippen LogP contribution is -2.52. The number of nitrogens with one attached hydrogen (secondary N) is 1. The van der Waals surface area contributed by atoms with E-state index in [2.05, 4.69) is 5.32 Å². The normalized spacial score (nSPS) is 20.9. The average molecular weight is 488 g/mol. The zero-order valence-electron chi connectivity index (χ0n) is 20.5. The van der Waals surface area contributed by atoms with Crippen molar-refractivity contribution in [2.75, 3.05) is 60.0 Å². The highest BCUT2D eigenvalue weighted by Gasteiger charge is 2.32. The van der Waals surface area contributed by atoms with Gasteiger partial charge in [-0.15, -0.1) is 0 Å². The van der Waals surface area contributed by atoms with Gasteiger partial charge in [-0.1, -0.05) is 12.1 Å². The number of para-hydroxylation sites is 1. The third-order valence-corrected chi connectivity index (χ3v) is 6.27. The molecule has 190 valence electrons. The molecule has 0 saturated carbocycles. The summed E-state index contributed by atoms with van der Waals surface area (Å²) < 4.78 is 5.76. The second-order valence-corrected chi connectivity index (χ2v) is 8.82. The molecule has 2 heterocycles.